The molecule has 1 aromatic carbocycles. The van der Waals surface area contributed by atoms with Crippen molar-refractivity contribution in [2.24, 2.45) is 0 Å². The number of nitrogens with zero attached hydrogens (tertiary/aromatic N) is 2. The van der Waals surface area contributed by atoms with Crippen LogP contribution in [0, 0.1) is 0 Å². The summed E-state index contributed by atoms with van der Waals surface area (Å²) in [5, 5.41) is 4.85. The largest absolute Gasteiger partial charge is 0.315 e. The van der Waals surface area contributed by atoms with E-state index in [-0.39, 0.29) is 6.04 Å². The van der Waals surface area contributed by atoms with Gasteiger partial charge in [-0.1, -0.05) is 12.1 Å². The number of hydrogen-bond donors (Lipinski definition) is 1. The Labute approximate surface area is 125 Å². The maximum Gasteiger partial charge on any atom is 0.243 e. The van der Waals surface area contributed by atoms with E-state index in [9.17, 15) is 8.42 Å². The Bertz CT molecular complexity index is 740. The molecule has 2 aromatic rings. The van der Waals surface area contributed by atoms with Gasteiger partial charge < -0.3 is 5.32 Å². The minimum Gasteiger partial charge on any atom is -0.315 e. The molecule has 0 amide bonds. The van der Waals surface area contributed by atoms with Gasteiger partial charge in [0.2, 0.25) is 10.0 Å². The molecule has 0 spiro atoms. The standard InChI is InChI=1S/C15H19N3O2S/c1-12-10-16-7-3-9-18(12)21(19,20)15-5-2-4-13-11-17-8-6-14(13)15/h2,4-6,8,11-12,16H,3,7,9-10H2,1H3/t12-/m0/s1. The van der Waals surface area contributed by atoms with Gasteiger partial charge in [0.15, 0.2) is 0 Å². The van der Waals surface area contributed by atoms with E-state index >= 15 is 0 Å². The number of benzene rings is 1. The maximum atomic E-state index is 13.0. The summed E-state index contributed by atoms with van der Waals surface area (Å²) < 4.78 is 27.7. The van der Waals surface area contributed by atoms with Crippen LogP contribution in [0.25, 0.3) is 10.8 Å². The molecule has 1 saturated heterocycles. The van der Waals surface area contributed by atoms with E-state index in [1.165, 1.54) is 0 Å². The Balaban J connectivity index is 2.11. The van der Waals surface area contributed by atoms with E-state index < -0.39 is 10.0 Å². The van der Waals surface area contributed by atoms with Crippen LogP contribution in [0.3, 0.4) is 0 Å². The number of rotatable bonds is 2. The molecule has 0 bridgehead atoms. The Kier molecular flexibility index (Phi) is 3.93. The zero-order valence-corrected chi connectivity index (χ0v) is 12.8. The van der Waals surface area contributed by atoms with Crippen molar-refractivity contribution in [3.05, 3.63) is 36.7 Å². The number of hydrogen-bond acceptors (Lipinski definition) is 4. The Morgan fingerprint density at radius 1 is 1.33 bits per heavy atom. The Hall–Kier alpha value is -1.50. The lowest BCUT2D eigenvalue weighted by molar-refractivity contribution is 0.354. The van der Waals surface area contributed by atoms with Crippen molar-refractivity contribution in [3.8, 4) is 0 Å². The zero-order valence-electron chi connectivity index (χ0n) is 12.0. The molecule has 1 fully saturated rings. The van der Waals surface area contributed by atoms with Crippen LogP contribution >= 0.6 is 0 Å². The molecule has 1 atom stereocenters. The first-order valence-electron chi connectivity index (χ1n) is 7.16. The summed E-state index contributed by atoms with van der Waals surface area (Å²) in [6.45, 7) is 4.04. The first-order chi connectivity index (χ1) is 10.1. The van der Waals surface area contributed by atoms with Crippen LogP contribution in [0.5, 0.6) is 0 Å². The van der Waals surface area contributed by atoms with Crippen LogP contribution in [0.2, 0.25) is 0 Å². The molecule has 0 aliphatic carbocycles. The van der Waals surface area contributed by atoms with Crippen LogP contribution < -0.4 is 5.32 Å². The van der Waals surface area contributed by atoms with Gasteiger partial charge in [0.05, 0.1) is 4.90 Å². The highest BCUT2D eigenvalue weighted by Crippen LogP contribution is 2.26. The lowest BCUT2D eigenvalue weighted by Crippen LogP contribution is -2.41. The fourth-order valence-corrected chi connectivity index (χ4v) is 4.68. The summed E-state index contributed by atoms with van der Waals surface area (Å²) in [6.07, 6.45) is 4.16. The third-order valence-corrected chi connectivity index (χ3v) is 5.96. The molecule has 112 valence electrons. The van der Waals surface area contributed by atoms with Crippen LogP contribution in [-0.4, -0.2) is 43.4 Å². The van der Waals surface area contributed by atoms with E-state index in [0.29, 0.717) is 18.0 Å². The molecule has 5 nitrogen and oxygen atoms in total. The highest BCUT2D eigenvalue weighted by atomic mass is 32.2. The molecule has 21 heavy (non-hydrogen) atoms. The van der Waals surface area contributed by atoms with E-state index in [4.69, 9.17) is 0 Å². The third kappa shape index (κ3) is 2.66. The molecule has 2 heterocycles. The number of aromatic nitrogens is 1. The normalized spacial score (nSPS) is 21.3. The van der Waals surface area contributed by atoms with Crippen LogP contribution in [-0.2, 0) is 10.0 Å². The third-order valence-electron chi connectivity index (χ3n) is 3.89. The van der Waals surface area contributed by atoms with Gasteiger partial charge in [-0.2, -0.15) is 4.31 Å². The van der Waals surface area contributed by atoms with E-state index in [1.54, 1.807) is 34.9 Å². The molecular formula is C15H19N3O2S. The van der Waals surface area contributed by atoms with Crippen molar-refractivity contribution in [2.75, 3.05) is 19.6 Å². The van der Waals surface area contributed by atoms with Gasteiger partial charge in [0, 0.05) is 42.3 Å². The average Bonchev–Trinajstić information content (AvgIpc) is 2.71. The number of sulfonamides is 1. The van der Waals surface area contributed by atoms with Crippen molar-refractivity contribution in [2.45, 2.75) is 24.3 Å². The minimum absolute atomic E-state index is 0.0467. The fourth-order valence-electron chi connectivity index (χ4n) is 2.79. The monoisotopic (exact) mass is 305 g/mol. The molecule has 1 aliphatic heterocycles. The first-order valence-corrected chi connectivity index (χ1v) is 8.60. The molecule has 0 saturated carbocycles. The zero-order chi connectivity index (χ0) is 14.9. The molecule has 0 unspecified atom stereocenters. The van der Waals surface area contributed by atoms with Crippen LogP contribution in [0.1, 0.15) is 13.3 Å². The van der Waals surface area contributed by atoms with Crippen molar-refractivity contribution < 1.29 is 8.42 Å². The molecule has 3 rings (SSSR count). The summed E-state index contributed by atoms with van der Waals surface area (Å²) in [5.74, 6) is 0. The van der Waals surface area contributed by atoms with Gasteiger partial charge in [-0.3, -0.25) is 4.98 Å². The second-order valence-electron chi connectivity index (χ2n) is 5.38. The lowest BCUT2D eigenvalue weighted by Gasteiger charge is -2.26. The molecule has 1 N–H and O–H groups in total. The summed E-state index contributed by atoms with van der Waals surface area (Å²) in [4.78, 5) is 4.43. The SMILES string of the molecule is C[C@H]1CNCCCN1S(=O)(=O)c1cccc2cnccc12. The van der Waals surface area contributed by atoms with E-state index in [1.807, 2.05) is 13.0 Å². The number of pyridine rings is 1. The van der Waals surface area contributed by atoms with E-state index in [2.05, 4.69) is 10.3 Å². The summed E-state index contributed by atoms with van der Waals surface area (Å²) in [7, 11) is -3.50. The predicted octanol–water partition coefficient (Wildman–Crippen LogP) is 1.61. The predicted molar refractivity (Wildman–Crippen MR) is 82.6 cm³/mol. The average molecular weight is 305 g/mol. The van der Waals surface area contributed by atoms with Crippen molar-refractivity contribution >= 4 is 20.8 Å². The highest BCUT2D eigenvalue weighted by molar-refractivity contribution is 7.89. The van der Waals surface area contributed by atoms with Crippen molar-refractivity contribution in [3.63, 3.8) is 0 Å². The van der Waals surface area contributed by atoms with Gasteiger partial charge in [-0.05, 0) is 32.0 Å². The molecule has 1 aliphatic rings. The minimum atomic E-state index is -3.50. The summed E-state index contributed by atoms with van der Waals surface area (Å²) in [5.41, 5.74) is 0. The van der Waals surface area contributed by atoms with Crippen LogP contribution in [0.15, 0.2) is 41.6 Å². The summed E-state index contributed by atoms with van der Waals surface area (Å²) in [6, 6.07) is 7.06. The van der Waals surface area contributed by atoms with E-state index in [0.717, 1.165) is 23.7 Å². The number of nitrogens with one attached hydrogen (secondary N) is 1. The van der Waals surface area contributed by atoms with Gasteiger partial charge in [-0.25, -0.2) is 8.42 Å². The maximum absolute atomic E-state index is 13.0. The highest BCUT2D eigenvalue weighted by Gasteiger charge is 2.30. The Morgan fingerprint density at radius 2 is 2.19 bits per heavy atom. The quantitative estimate of drug-likeness (QED) is 0.915. The molecule has 0 radical (unpaired) electrons. The first kappa shape index (κ1) is 14.4. The van der Waals surface area contributed by atoms with Gasteiger partial charge >= 0.3 is 0 Å². The van der Waals surface area contributed by atoms with Gasteiger partial charge in [-0.15, -0.1) is 0 Å². The van der Waals surface area contributed by atoms with Gasteiger partial charge in [0.1, 0.15) is 0 Å². The second-order valence-corrected chi connectivity index (χ2v) is 7.23. The van der Waals surface area contributed by atoms with Crippen LogP contribution in [0.4, 0.5) is 0 Å². The summed E-state index contributed by atoms with van der Waals surface area (Å²) >= 11 is 0. The fraction of sp³-hybridized carbons (Fsp3) is 0.400. The topological polar surface area (TPSA) is 62.3 Å². The van der Waals surface area contributed by atoms with Gasteiger partial charge in [0.25, 0.3) is 0 Å². The van der Waals surface area contributed by atoms with Crippen molar-refractivity contribution in [1.29, 1.82) is 0 Å². The Morgan fingerprint density at radius 3 is 3.05 bits per heavy atom. The smallest absolute Gasteiger partial charge is 0.243 e. The second kappa shape index (κ2) is 5.71. The molecule has 1 aromatic heterocycles. The lowest BCUT2D eigenvalue weighted by atomic mass is 10.2. The van der Waals surface area contributed by atoms with Crippen molar-refractivity contribution in [1.82, 2.24) is 14.6 Å². The molecular weight excluding hydrogens is 286 g/mol. The molecule has 6 heteroatoms. The number of fused-ring (bicyclic) bond motifs is 1.